The summed E-state index contributed by atoms with van der Waals surface area (Å²) >= 11 is 6.41. The van der Waals surface area contributed by atoms with Crippen molar-refractivity contribution in [1.82, 2.24) is 24.5 Å². The third kappa shape index (κ3) is 3.68. The van der Waals surface area contributed by atoms with E-state index in [9.17, 15) is 4.79 Å². The lowest BCUT2D eigenvalue weighted by molar-refractivity contribution is 0.652. The second kappa shape index (κ2) is 8.22. The van der Waals surface area contributed by atoms with Gasteiger partial charge in [0, 0.05) is 29.0 Å². The number of aryl methyl sites for hydroxylation is 1. The van der Waals surface area contributed by atoms with Crippen LogP contribution in [-0.2, 0) is 0 Å². The van der Waals surface area contributed by atoms with Gasteiger partial charge >= 0.3 is 0 Å². The number of nitrogens with one attached hydrogen (secondary N) is 1. The van der Waals surface area contributed by atoms with E-state index in [-0.39, 0.29) is 11.6 Å². The number of para-hydroxylation sites is 1. The van der Waals surface area contributed by atoms with Crippen molar-refractivity contribution < 1.29 is 0 Å². The first-order valence-electron chi connectivity index (χ1n) is 10.6. The Morgan fingerprint density at radius 2 is 1.91 bits per heavy atom. The summed E-state index contributed by atoms with van der Waals surface area (Å²) in [6.45, 7) is 8.17. The number of hydrogen-bond acceptors (Lipinski definition) is 4. The van der Waals surface area contributed by atoms with E-state index in [4.69, 9.17) is 11.6 Å². The lowest BCUT2D eigenvalue weighted by Gasteiger charge is -2.22. The van der Waals surface area contributed by atoms with Crippen LogP contribution in [0.15, 0.2) is 84.4 Å². The van der Waals surface area contributed by atoms with Crippen LogP contribution in [0.2, 0.25) is 5.02 Å². The largest absolute Gasteiger partial charge is 0.377 e. The Morgan fingerprint density at radius 1 is 1.12 bits per heavy atom. The highest BCUT2D eigenvalue weighted by Crippen LogP contribution is 2.27. The highest BCUT2D eigenvalue weighted by Gasteiger charge is 2.19. The summed E-state index contributed by atoms with van der Waals surface area (Å²) in [6, 6.07) is 18.7. The average Bonchev–Trinajstić information content (AvgIpc) is 3.22. The summed E-state index contributed by atoms with van der Waals surface area (Å²) in [5, 5.41) is 9.55. The van der Waals surface area contributed by atoms with Crippen LogP contribution in [0.1, 0.15) is 29.9 Å². The predicted octanol–water partition coefficient (Wildman–Crippen LogP) is 5.32. The molecule has 0 fully saturated rings. The zero-order valence-electron chi connectivity index (χ0n) is 18.3. The fraction of sp³-hybridized carbons (Fsp3) is 0.115. The molecule has 0 unspecified atom stereocenters. The maximum atomic E-state index is 13.6. The lowest BCUT2D eigenvalue weighted by atomic mass is 10.1. The van der Waals surface area contributed by atoms with Crippen molar-refractivity contribution in [2.45, 2.75) is 19.9 Å². The van der Waals surface area contributed by atoms with Gasteiger partial charge in [0.1, 0.15) is 0 Å². The van der Waals surface area contributed by atoms with E-state index in [2.05, 4.69) is 22.0 Å². The molecule has 33 heavy (non-hydrogen) atoms. The number of pyridine rings is 1. The average molecular weight is 456 g/mol. The van der Waals surface area contributed by atoms with Gasteiger partial charge in [-0.15, -0.1) is 0 Å². The van der Waals surface area contributed by atoms with Gasteiger partial charge in [-0.05, 0) is 49.6 Å². The molecule has 5 aromatic rings. The van der Waals surface area contributed by atoms with Gasteiger partial charge in [-0.2, -0.15) is 5.10 Å². The Kier molecular flexibility index (Phi) is 5.23. The van der Waals surface area contributed by atoms with Crippen molar-refractivity contribution in [2.24, 2.45) is 0 Å². The molecule has 6 nitrogen and oxygen atoms in total. The first-order valence-corrected chi connectivity index (χ1v) is 11.0. The van der Waals surface area contributed by atoms with E-state index in [1.54, 1.807) is 21.3 Å². The van der Waals surface area contributed by atoms with E-state index in [0.29, 0.717) is 16.1 Å². The molecule has 3 aromatic heterocycles. The second-order valence-electron chi connectivity index (χ2n) is 7.99. The third-order valence-electron chi connectivity index (χ3n) is 5.71. The monoisotopic (exact) mass is 455 g/mol. The third-order valence-corrected chi connectivity index (χ3v) is 6.02. The summed E-state index contributed by atoms with van der Waals surface area (Å²) in [6.07, 6.45) is 3.62. The normalized spacial score (nSPS) is 12.2. The van der Waals surface area contributed by atoms with E-state index >= 15 is 0 Å². The summed E-state index contributed by atoms with van der Waals surface area (Å²) in [4.78, 5) is 18.2. The van der Waals surface area contributed by atoms with Crippen molar-refractivity contribution in [3.8, 4) is 5.69 Å². The molecule has 0 saturated carbocycles. The van der Waals surface area contributed by atoms with E-state index in [0.717, 1.165) is 33.7 Å². The molecule has 7 heteroatoms. The molecule has 3 heterocycles. The zero-order valence-corrected chi connectivity index (χ0v) is 19.0. The fourth-order valence-corrected chi connectivity index (χ4v) is 4.35. The molecule has 0 radical (unpaired) electrons. The molecule has 1 atom stereocenters. The molecule has 0 spiro atoms. The highest BCUT2D eigenvalue weighted by molar-refractivity contribution is 6.35. The van der Waals surface area contributed by atoms with Crippen molar-refractivity contribution in [3.05, 3.63) is 112 Å². The second-order valence-corrected chi connectivity index (χ2v) is 8.40. The van der Waals surface area contributed by atoms with Gasteiger partial charge in [0.15, 0.2) is 5.65 Å². The van der Waals surface area contributed by atoms with Gasteiger partial charge in [0.2, 0.25) is 0 Å². The van der Waals surface area contributed by atoms with Gasteiger partial charge in [-0.25, -0.2) is 9.50 Å². The molecule has 0 aliphatic carbocycles. The van der Waals surface area contributed by atoms with Crippen LogP contribution in [0.5, 0.6) is 0 Å². The van der Waals surface area contributed by atoms with Crippen LogP contribution in [0, 0.1) is 6.92 Å². The van der Waals surface area contributed by atoms with Crippen LogP contribution < -0.4 is 10.9 Å². The van der Waals surface area contributed by atoms with E-state index < -0.39 is 0 Å². The van der Waals surface area contributed by atoms with E-state index in [1.807, 2.05) is 74.6 Å². The SMILES string of the molecule is C=C(N[C@@H](C)c1cc2cccc(Cl)c2c(=O)n1-c1ccccc1)c1cnn2ccc(C)nc12. The molecule has 5 rings (SSSR count). The van der Waals surface area contributed by atoms with Crippen molar-refractivity contribution >= 4 is 33.7 Å². The van der Waals surface area contributed by atoms with Crippen molar-refractivity contribution in [3.63, 3.8) is 0 Å². The Labute approximate surface area is 195 Å². The molecule has 2 aromatic carbocycles. The molecule has 1 N–H and O–H groups in total. The fourth-order valence-electron chi connectivity index (χ4n) is 4.09. The molecule has 0 bridgehead atoms. The number of aromatic nitrogens is 4. The minimum Gasteiger partial charge on any atom is -0.377 e. The molecular formula is C26H22ClN5O. The molecular weight excluding hydrogens is 434 g/mol. The summed E-state index contributed by atoms with van der Waals surface area (Å²) < 4.78 is 3.43. The van der Waals surface area contributed by atoms with Crippen LogP contribution in [0.25, 0.3) is 27.8 Å². The Morgan fingerprint density at radius 3 is 2.70 bits per heavy atom. The van der Waals surface area contributed by atoms with Gasteiger partial charge in [-0.3, -0.25) is 9.36 Å². The van der Waals surface area contributed by atoms with Gasteiger partial charge in [-0.1, -0.05) is 48.5 Å². The highest BCUT2D eigenvalue weighted by atomic mass is 35.5. The molecule has 0 aliphatic heterocycles. The number of halogens is 1. The maximum absolute atomic E-state index is 13.6. The number of benzene rings is 2. The molecule has 0 amide bonds. The number of rotatable bonds is 5. The molecule has 164 valence electrons. The topological polar surface area (TPSA) is 64.2 Å². The quantitative estimate of drug-likeness (QED) is 0.389. The summed E-state index contributed by atoms with van der Waals surface area (Å²) in [7, 11) is 0. The summed E-state index contributed by atoms with van der Waals surface area (Å²) in [5.74, 6) is 0. The van der Waals surface area contributed by atoms with Crippen molar-refractivity contribution in [1.29, 1.82) is 0 Å². The minimum absolute atomic E-state index is 0.160. The van der Waals surface area contributed by atoms with Crippen LogP contribution in [0.3, 0.4) is 0 Å². The predicted molar refractivity (Wildman–Crippen MR) is 133 cm³/mol. The number of hydrogen-bond donors (Lipinski definition) is 1. The lowest BCUT2D eigenvalue weighted by Crippen LogP contribution is -2.28. The van der Waals surface area contributed by atoms with Gasteiger partial charge in [0.05, 0.1) is 28.2 Å². The molecule has 0 aliphatic rings. The Bertz CT molecular complexity index is 1570. The first-order chi connectivity index (χ1) is 15.9. The minimum atomic E-state index is -0.242. The zero-order chi connectivity index (χ0) is 23.1. The van der Waals surface area contributed by atoms with Gasteiger partial charge in [0.25, 0.3) is 5.56 Å². The van der Waals surface area contributed by atoms with Gasteiger partial charge < -0.3 is 5.32 Å². The Balaban J connectivity index is 1.62. The molecule has 0 saturated heterocycles. The first kappa shape index (κ1) is 21.0. The number of fused-ring (bicyclic) bond motifs is 2. The Hall–Kier alpha value is -3.90. The number of nitrogens with zero attached hydrogens (tertiary/aromatic N) is 4. The van der Waals surface area contributed by atoms with Crippen LogP contribution >= 0.6 is 11.6 Å². The van der Waals surface area contributed by atoms with Crippen LogP contribution in [0.4, 0.5) is 0 Å². The maximum Gasteiger partial charge on any atom is 0.264 e. The summed E-state index contributed by atoms with van der Waals surface area (Å²) in [5.41, 5.74) is 4.51. The van der Waals surface area contributed by atoms with Crippen molar-refractivity contribution in [2.75, 3.05) is 0 Å². The smallest absolute Gasteiger partial charge is 0.264 e. The van der Waals surface area contributed by atoms with E-state index in [1.165, 1.54) is 0 Å². The standard InChI is InChI=1S/C26H22ClN5O/c1-16-12-13-31-25(29-16)21(15-28-31)17(2)30-18(3)23-14-19-8-7-11-22(27)24(19)26(33)32(23)20-9-5-4-6-10-20/h4-15,18,30H,2H2,1,3H3/t18-/m0/s1. The van der Waals surface area contributed by atoms with Crippen LogP contribution in [-0.4, -0.2) is 19.2 Å².